The van der Waals surface area contributed by atoms with Gasteiger partial charge in [-0.25, -0.2) is 0 Å². The van der Waals surface area contributed by atoms with Crippen molar-refractivity contribution in [1.82, 2.24) is 5.32 Å². The van der Waals surface area contributed by atoms with Gasteiger partial charge in [0.2, 0.25) is 5.91 Å². The first kappa shape index (κ1) is 17.1. The van der Waals surface area contributed by atoms with Gasteiger partial charge in [0.15, 0.2) is 0 Å². The van der Waals surface area contributed by atoms with Gasteiger partial charge in [0.05, 0.1) is 11.8 Å². The number of carbonyl (C=O) groups excluding carboxylic acids is 1. The van der Waals surface area contributed by atoms with Crippen molar-refractivity contribution in [2.24, 2.45) is 0 Å². The van der Waals surface area contributed by atoms with Crippen LogP contribution in [0.2, 0.25) is 0 Å². The fourth-order valence-corrected chi connectivity index (χ4v) is 3.19. The Hall–Kier alpha value is -1.26. The summed E-state index contributed by atoms with van der Waals surface area (Å²) in [5, 5.41) is 3.15. The van der Waals surface area contributed by atoms with Gasteiger partial charge >= 0.3 is 0 Å². The number of amides is 1. The third-order valence-electron chi connectivity index (χ3n) is 3.30. The Morgan fingerprint density at radius 3 is 2.45 bits per heavy atom. The Morgan fingerprint density at radius 2 is 1.82 bits per heavy atom. The molecular weight excluding hydrogens is 358 g/mol. The Morgan fingerprint density at radius 1 is 1.14 bits per heavy atom. The molecule has 0 heterocycles. The first-order chi connectivity index (χ1) is 10.7. The van der Waals surface area contributed by atoms with Crippen molar-refractivity contribution in [1.29, 1.82) is 0 Å². The molecule has 2 aromatic carbocycles. The van der Waals surface area contributed by atoms with Crippen molar-refractivity contribution >= 4 is 33.6 Å². The zero-order valence-electron chi connectivity index (χ0n) is 12.6. The van der Waals surface area contributed by atoms with E-state index in [0.29, 0.717) is 5.75 Å². The molecule has 0 aliphatic heterocycles. The summed E-state index contributed by atoms with van der Waals surface area (Å²) >= 11 is 4.97. The van der Waals surface area contributed by atoms with Crippen LogP contribution in [0.25, 0.3) is 0 Å². The molecule has 2 rings (SSSR count). The monoisotopic (exact) mass is 377 g/mol. The molecule has 2 aromatic rings. The number of hydrogen-bond acceptors (Lipinski definition) is 2. The van der Waals surface area contributed by atoms with Crippen LogP contribution in [0.4, 0.5) is 0 Å². The van der Waals surface area contributed by atoms with E-state index in [1.54, 1.807) is 11.8 Å². The average molecular weight is 378 g/mol. The molecule has 2 nitrogen and oxygen atoms in total. The Balaban J connectivity index is 1.89. The van der Waals surface area contributed by atoms with Gasteiger partial charge in [-0.15, -0.1) is 11.8 Å². The molecule has 0 saturated heterocycles. The van der Waals surface area contributed by atoms with Crippen molar-refractivity contribution < 1.29 is 4.79 Å². The smallest absolute Gasteiger partial charge is 0.230 e. The highest BCUT2D eigenvalue weighted by Gasteiger charge is 2.13. The van der Waals surface area contributed by atoms with Gasteiger partial charge in [0.25, 0.3) is 0 Å². The second kappa shape index (κ2) is 9.01. The summed E-state index contributed by atoms with van der Waals surface area (Å²) in [5.41, 5.74) is 1.17. The molecule has 0 spiro atoms. The van der Waals surface area contributed by atoms with Crippen LogP contribution in [-0.4, -0.2) is 11.7 Å². The number of hydrogen-bond donors (Lipinski definition) is 1. The topological polar surface area (TPSA) is 29.1 Å². The van der Waals surface area contributed by atoms with E-state index in [1.807, 2.05) is 42.5 Å². The number of thioether (sulfide) groups is 1. The maximum absolute atomic E-state index is 12.2. The molecule has 0 saturated carbocycles. The third kappa shape index (κ3) is 5.50. The van der Waals surface area contributed by atoms with Crippen LogP contribution < -0.4 is 5.32 Å². The number of nitrogens with one attached hydrogen (secondary N) is 1. The molecule has 1 amide bonds. The molecule has 0 radical (unpaired) electrons. The van der Waals surface area contributed by atoms with Gasteiger partial charge < -0.3 is 5.32 Å². The highest BCUT2D eigenvalue weighted by Crippen LogP contribution is 2.22. The van der Waals surface area contributed by atoms with E-state index < -0.39 is 0 Å². The lowest BCUT2D eigenvalue weighted by Crippen LogP contribution is -2.29. The summed E-state index contributed by atoms with van der Waals surface area (Å²) in [7, 11) is 0. The van der Waals surface area contributed by atoms with Gasteiger partial charge in [-0.3, -0.25) is 4.79 Å². The maximum Gasteiger partial charge on any atom is 0.230 e. The Bertz CT molecular complexity index is 586. The van der Waals surface area contributed by atoms with E-state index in [1.165, 1.54) is 5.56 Å². The van der Waals surface area contributed by atoms with Crippen molar-refractivity contribution in [2.45, 2.75) is 30.7 Å². The number of rotatable bonds is 7. The minimum Gasteiger partial charge on any atom is -0.349 e. The van der Waals surface area contributed by atoms with Gasteiger partial charge in [0, 0.05) is 9.37 Å². The van der Waals surface area contributed by atoms with E-state index >= 15 is 0 Å². The standard InChI is InChI=1S/C18H20BrNOS/c1-2-6-17(14-7-4-3-5-8-14)20-18(21)13-22-16-11-9-15(19)10-12-16/h3-5,7-12,17H,2,6,13H2,1H3,(H,20,21). The largest absolute Gasteiger partial charge is 0.349 e. The summed E-state index contributed by atoms with van der Waals surface area (Å²) in [5.74, 6) is 0.518. The summed E-state index contributed by atoms with van der Waals surface area (Å²) in [4.78, 5) is 13.3. The van der Waals surface area contributed by atoms with Gasteiger partial charge in [-0.05, 0) is 36.2 Å². The third-order valence-corrected chi connectivity index (χ3v) is 4.84. The highest BCUT2D eigenvalue weighted by molar-refractivity contribution is 9.10. The maximum atomic E-state index is 12.2. The summed E-state index contributed by atoms with van der Waals surface area (Å²) in [6.07, 6.45) is 2.00. The highest BCUT2D eigenvalue weighted by atomic mass is 79.9. The van der Waals surface area contributed by atoms with E-state index in [-0.39, 0.29) is 11.9 Å². The molecule has 0 bridgehead atoms. The minimum absolute atomic E-state index is 0.0789. The fourth-order valence-electron chi connectivity index (χ4n) is 2.21. The minimum atomic E-state index is 0.0789. The number of benzene rings is 2. The average Bonchev–Trinajstić information content (AvgIpc) is 2.55. The van der Waals surface area contributed by atoms with Crippen LogP contribution in [-0.2, 0) is 4.79 Å². The van der Waals surface area contributed by atoms with Crippen molar-refractivity contribution in [3.05, 3.63) is 64.6 Å². The molecule has 1 unspecified atom stereocenters. The van der Waals surface area contributed by atoms with E-state index in [4.69, 9.17) is 0 Å². The normalized spacial score (nSPS) is 11.9. The molecular formula is C18H20BrNOS. The molecule has 1 atom stereocenters. The predicted octanol–water partition coefficient (Wildman–Crippen LogP) is 5.20. The quantitative estimate of drug-likeness (QED) is 0.671. The van der Waals surface area contributed by atoms with Crippen LogP contribution in [0.15, 0.2) is 64.0 Å². The van der Waals surface area contributed by atoms with Crippen LogP contribution in [0, 0.1) is 0 Å². The zero-order chi connectivity index (χ0) is 15.8. The molecule has 1 N–H and O–H groups in total. The summed E-state index contributed by atoms with van der Waals surface area (Å²) in [6, 6.07) is 18.3. The first-order valence-corrected chi connectivity index (χ1v) is 9.19. The van der Waals surface area contributed by atoms with Crippen molar-refractivity contribution in [3.8, 4) is 0 Å². The van der Waals surface area contributed by atoms with E-state index in [9.17, 15) is 4.79 Å². The van der Waals surface area contributed by atoms with Gasteiger partial charge in [0.1, 0.15) is 0 Å². The van der Waals surface area contributed by atoms with E-state index in [2.05, 4.69) is 40.3 Å². The van der Waals surface area contributed by atoms with Crippen LogP contribution in [0.3, 0.4) is 0 Å². The van der Waals surface area contributed by atoms with E-state index in [0.717, 1.165) is 22.2 Å². The SMILES string of the molecule is CCCC(NC(=O)CSc1ccc(Br)cc1)c1ccccc1. The zero-order valence-corrected chi connectivity index (χ0v) is 15.0. The van der Waals surface area contributed by atoms with Crippen LogP contribution in [0.1, 0.15) is 31.4 Å². The predicted molar refractivity (Wildman–Crippen MR) is 97.1 cm³/mol. The number of halogens is 1. The lowest BCUT2D eigenvalue weighted by atomic mass is 10.0. The second-order valence-electron chi connectivity index (χ2n) is 5.06. The Kier molecular flexibility index (Phi) is 7.00. The molecule has 0 fully saturated rings. The fraction of sp³-hybridized carbons (Fsp3) is 0.278. The van der Waals surface area contributed by atoms with Gasteiger partial charge in [-0.2, -0.15) is 0 Å². The summed E-state index contributed by atoms with van der Waals surface area (Å²) in [6.45, 7) is 2.14. The lowest BCUT2D eigenvalue weighted by Gasteiger charge is -2.18. The molecule has 0 aliphatic carbocycles. The lowest BCUT2D eigenvalue weighted by molar-refractivity contribution is -0.119. The van der Waals surface area contributed by atoms with Crippen molar-refractivity contribution in [3.63, 3.8) is 0 Å². The molecule has 22 heavy (non-hydrogen) atoms. The first-order valence-electron chi connectivity index (χ1n) is 7.41. The number of carbonyl (C=O) groups is 1. The molecule has 4 heteroatoms. The van der Waals surface area contributed by atoms with Crippen LogP contribution >= 0.6 is 27.7 Å². The van der Waals surface area contributed by atoms with Gasteiger partial charge in [-0.1, -0.05) is 59.6 Å². The molecule has 0 aromatic heterocycles. The van der Waals surface area contributed by atoms with Crippen LogP contribution in [0.5, 0.6) is 0 Å². The Labute approximate surface area is 144 Å². The molecule has 0 aliphatic rings. The molecule has 116 valence electrons. The second-order valence-corrected chi connectivity index (χ2v) is 7.03. The summed E-state index contributed by atoms with van der Waals surface area (Å²) < 4.78 is 1.05. The van der Waals surface area contributed by atoms with Crippen molar-refractivity contribution in [2.75, 3.05) is 5.75 Å².